The minimum atomic E-state index is -0.557. The van der Waals surface area contributed by atoms with Crippen LogP contribution in [0.4, 0.5) is 10.2 Å². The molecule has 0 saturated carbocycles. The molecule has 1 unspecified atom stereocenters. The lowest BCUT2D eigenvalue weighted by Crippen LogP contribution is -2.10. The summed E-state index contributed by atoms with van der Waals surface area (Å²) in [6, 6.07) is 12.3. The largest absolute Gasteiger partial charge is 0.454 e. The minimum Gasteiger partial charge on any atom is -0.454 e. The number of thioether (sulfide) groups is 1. The molecule has 2 aromatic carbocycles. The maximum Gasteiger partial charge on any atom is 0.268 e. The van der Waals surface area contributed by atoms with E-state index in [4.69, 9.17) is 26.8 Å². The van der Waals surface area contributed by atoms with E-state index in [0.717, 1.165) is 10.0 Å². The van der Waals surface area contributed by atoms with Gasteiger partial charge in [-0.2, -0.15) is 0 Å². The number of aromatic nitrogens is 4. The van der Waals surface area contributed by atoms with Crippen LogP contribution in [-0.4, -0.2) is 19.5 Å². The maximum absolute atomic E-state index is 14.1. The summed E-state index contributed by atoms with van der Waals surface area (Å²) in [5, 5.41) is 1.32. The summed E-state index contributed by atoms with van der Waals surface area (Å²) in [4.78, 5) is 13.3. The van der Waals surface area contributed by atoms with Crippen molar-refractivity contribution in [3.8, 4) is 11.5 Å². The van der Waals surface area contributed by atoms with E-state index >= 15 is 0 Å². The predicted molar refractivity (Wildman–Crippen MR) is 127 cm³/mol. The minimum absolute atomic E-state index is 0.266. The molecular weight excluding hydrogens is 533 g/mol. The van der Waals surface area contributed by atoms with Crippen molar-refractivity contribution in [1.29, 1.82) is 0 Å². The molecule has 1 atom stereocenters. The fourth-order valence-corrected chi connectivity index (χ4v) is 4.65. The summed E-state index contributed by atoms with van der Waals surface area (Å²) in [6.45, 7) is 0.442. The van der Waals surface area contributed by atoms with E-state index < -0.39 is 6.29 Å². The molecule has 3 aliphatic heterocycles. The Hall–Kier alpha value is -2.82. The van der Waals surface area contributed by atoms with Gasteiger partial charge in [-0.3, -0.25) is 0 Å². The fraction of sp³-hybridized carbons (Fsp3) is 0.136. The second-order valence-corrected chi connectivity index (χ2v) is 9.40. The summed E-state index contributed by atoms with van der Waals surface area (Å²) < 4.78 is 28.4. The van der Waals surface area contributed by atoms with Crippen molar-refractivity contribution in [3.05, 3.63) is 86.6 Å². The third-order valence-electron chi connectivity index (χ3n) is 4.97. The van der Waals surface area contributed by atoms with E-state index in [1.165, 1.54) is 24.1 Å². The number of hydrogen-bond donors (Lipinski definition) is 1. The third-order valence-corrected chi connectivity index (χ3v) is 6.69. The van der Waals surface area contributed by atoms with Gasteiger partial charge < -0.3 is 19.8 Å². The number of nitrogen functional groups attached to an aromatic ring is 1. The summed E-state index contributed by atoms with van der Waals surface area (Å²) >= 11 is 10.6. The number of fused-ring (bicyclic) bond motifs is 1. The first kappa shape index (κ1) is 22.0. The fourth-order valence-electron chi connectivity index (χ4n) is 3.33. The lowest BCUT2D eigenvalue weighted by molar-refractivity contribution is -0.0278. The molecule has 0 bridgehead atoms. The van der Waals surface area contributed by atoms with Crippen LogP contribution in [0.25, 0.3) is 11.5 Å². The lowest BCUT2D eigenvalue weighted by Gasteiger charge is -2.12. The third kappa shape index (κ3) is 4.64. The molecule has 0 saturated heterocycles. The maximum atomic E-state index is 14.1. The van der Waals surface area contributed by atoms with E-state index in [2.05, 4.69) is 30.9 Å². The second kappa shape index (κ2) is 9.20. The van der Waals surface area contributed by atoms with Crippen molar-refractivity contribution in [1.82, 2.24) is 19.5 Å². The summed E-state index contributed by atoms with van der Waals surface area (Å²) in [5.74, 6) is 0.473. The van der Waals surface area contributed by atoms with Gasteiger partial charge in [-0.15, -0.1) is 0 Å². The topological polar surface area (TPSA) is 88.1 Å². The highest BCUT2D eigenvalue weighted by atomic mass is 79.9. The Morgan fingerprint density at radius 1 is 1.21 bits per heavy atom. The summed E-state index contributed by atoms with van der Waals surface area (Å²) in [6.07, 6.45) is 2.98. The van der Waals surface area contributed by atoms with Crippen LogP contribution in [0.1, 0.15) is 17.4 Å². The van der Waals surface area contributed by atoms with Gasteiger partial charge in [0.1, 0.15) is 12.1 Å². The standard InChI is InChI=1S/C22H16BrClFN5O2S/c23-15-4-2-1-3-14(15)21-31-10-17(32-21)33-22-28-18-19(26)27-11-30(20(18)29-22)8-7-12-5-6-13(24)9-16(12)25/h1-6,9-11,21H,7-8,26H2. The van der Waals surface area contributed by atoms with Crippen molar-refractivity contribution in [3.63, 3.8) is 0 Å². The number of rotatable bonds is 6. The zero-order valence-electron chi connectivity index (χ0n) is 16.9. The van der Waals surface area contributed by atoms with Crippen LogP contribution in [0.15, 0.2) is 69.8 Å². The van der Waals surface area contributed by atoms with Crippen molar-refractivity contribution in [2.24, 2.45) is 0 Å². The van der Waals surface area contributed by atoms with Gasteiger partial charge in [-0.1, -0.05) is 51.8 Å². The van der Waals surface area contributed by atoms with E-state index in [1.54, 1.807) is 23.0 Å². The van der Waals surface area contributed by atoms with Crippen LogP contribution in [0, 0.1) is 5.82 Å². The van der Waals surface area contributed by atoms with E-state index in [1.807, 2.05) is 24.3 Å². The van der Waals surface area contributed by atoms with Crippen molar-refractivity contribution in [2.75, 3.05) is 5.73 Å². The smallest absolute Gasteiger partial charge is 0.268 e. The molecule has 0 fully saturated rings. The molecule has 3 aliphatic rings. The van der Waals surface area contributed by atoms with Gasteiger partial charge >= 0.3 is 0 Å². The van der Waals surface area contributed by atoms with Gasteiger partial charge in [0, 0.05) is 21.6 Å². The molecule has 2 aromatic rings. The number of hydrogen-bond acceptors (Lipinski definition) is 7. The molecule has 0 radical (unpaired) electrons. The molecule has 11 heteroatoms. The van der Waals surface area contributed by atoms with Gasteiger partial charge in [0.25, 0.3) is 6.29 Å². The number of aryl methyl sites for hydroxylation is 2. The molecule has 0 aromatic heterocycles. The molecule has 33 heavy (non-hydrogen) atoms. The Kier molecular flexibility index (Phi) is 6.13. The van der Waals surface area contributed by atoms with Gasteiger partial charge in [0.05, 0.1) is 6.33 Å². The van der Waals surface area contributed by atoms with Crippen molar-refractivity contribution >= 4 is 45.1 Å². The molecule has 168 valence electrons. The lowest BCUT2D eigenvalue weighted by atomic mass is 10.1. The van der Waals surface area contributed by atoms with E-state index in [9.17, 15) is 4.39 Å². The molecule has 0 aliphatic carbocycles. The van der Waals surface area contributed by atoms with Crippen LogP contribution < -0.4 is 5.73 Å². The number of anilines is 1. The molecule has 0 amide bonds. The van der Waals surface area contributed by atoms with E-state index in [-0.39, 0.29) is 11.6 Å². The highest BCUT2D eigenvalue weighted by Gasteiger charge is 2.27. The number of halogens is 3. The molecule has 7 nitrogen and oxygen atoms in total. The van der Waals surface area contributed by atoms with Crippen molar-refractivity contribution < 1.29 is 13.9 Å². The quantitative estimate of drug-likeness (QED) is 0.326. The first-order valence-electron chi connectivity index (χ1n) is 9.85. The number of nitrogens with two attached hydrogens (primary N) is 1. The number of nitrogens with zero attached hydrogens (tertiary/aromatic N) is 4. The van der Waals surface area contributed by atoms with E-state index in [0.29, 0.717) is 45.3 Å². The Labute approximate surface area is 206 Å². The van der Waals surface area contributed by atoms with Crippen LogP contribution in [0.3, 0.4) is 0 Å². The molecule has 3 heterocycles. The molecular formula is C22H16BrClFN5O2S. The second-order valence-electron chi connectivity index (χ2n) is 7.13. The zero-order valence-corrected chi connectivity index (χ0v) is 20.1. The van der Waals surface area contributed by atoms with Gasteiger partial charge in [-0.05, 0) is 41.9 Å². The molecule has 5 rings (SSSR count). The van der Waals surface area contributed by atoms with Crippen LogP contribution >= 0.6 is 39.3 Å². The number of benzene rings is 2. The highest BCUT2D eigenvalue weighted by Crippen LogP contribution is 2.40. The Morgan fingerprint density at radius 3 is 2.88 bits per heavy atom. The Bertz CT molecular complexity index is 1330. The van der Waals surface area contributed by atoms with Gasteiger partial charge in [0.15, 0.2) is 22.5 Å². The normalized spacial score (nSPS) is 15.4. The van der Waals surface area contributed by atoms with Crippen LogP contribution in [-0.2, 0) is 22.4 Å². The Morgan fingerprint density at radius 2 is 2.06 bits per heavy atom. The predicted octanol–water partition coefficient (Wildman–Crippen LogP) is 5.79. The summed E-state index contributed by atoms with van der Waals surface area (Å²) in [5.41, 5.74) is 7.91. The molecule has 0 spiro atoms. The summed E-state index contributed by atoms with van der Waals surface area (Å²) in [7, 11) is 0. The van der Waals surface area contributed by atoms with Gasteiger partial charge in [-0.25, -0.2) is 19.3 Å². The average molecular weight is 549 g/mol. The van der Waals surface area contributed by atoms with Crippen LogP contribution in [0.5, 0.6) is 0 Å². The zero-order chi connectivity index (χ0) is 22.9. The SMILES string of the molecule is Nc1ncn(CCc2ccc(Cl)cc2F)c2nc(SC3=COC(c4ccccc4Br)O3)nc1-2. The Balaban J connectivity index is 1.32. The first-order valence-corrected chi connectivity index (χ1v) is 11.8. The monoisotopic (exact) mass is 547 g/mol. The first-order chi connectivity index (χ1) is 16.0. The van der Waals surface area contributed by atoms with Crippen LogP contribution in [0.2, 0.25) is 5.02 Å². The van der Waals surface area contributed by atoms with Crippen molar-refractivity contribution in [2.45, 2.75) is 24.4 Å². The number of ether oxygens (including phenoxy) is 2. The number of imidazole rings is 1. The molecule has 2 N–H and O–H groups in total. The van der Waals surface area contributed by atoms with Gasteiger partial charge in [0.2, 0.25) is 5.09 Å². The average Bonchev–Trinajstić information content (AvgIpc) is 3.43. The highest BCUT2D eigenvalue weighted by molar-refractivity contribution is 9.10.